The number of hydrogen-bond donors (Lipinski definition) is 2. The number of hydrogen-bond acceptors (Lipinski definition) is 3. The number of aliphatic imine (C=N–C) groups is 1. The summed E-state index contributed by atoms with van der Waals surface area (Å²) in [5.41, 5.74) is 2.32. The van der Waals surface area contributed by atoms with E-state index in [1.54, 1.807) is 12.1 Å². The molecule has 3 rings (SSSR count). The predicted octanol–water partition coefficient (Wildman–Crippen LogP) is 3.41. The van der Waals surface area contributed by atoms with E-state index in [1.165, 1.54) is 23.0 Å². The molecular weight excluding hydrogens is 345 g/mol. The third-order valence-corrected chi connectivity index (χ3v) is 4.27. The molecule has 27 heavy (non-hydrogen) atoms. The van der Waals surface area contributed by atoms with Crippen LogP contribution < -0.4 is 5.56 Å². The average molecular weight is 367 g/mol. The van der Waals surface area contributed by atoms with Crippen LogP contribution in [0, 0.1) is 5.82 Å². The lowest BCUT2D eigenvalue weighted by molar-refractivity contribution is 0.187. The highest BCUT2D eigenvalue weighted by atomic mass is 19.1. The third-order valence-electron chi connectivity index (χ3n) is 4.27. The van der Waals surface area contributed by atoms with E-state index in [9.17, 15) is 14.3 Å². The van der Waals surface area contributed by atoms with Gasteiger partial charge in [-0.05, 0) is 36.2 Å². The van der Waals surface area contributed by atoms with Crippen LogP contribution in [0.4, 0.5) is 4.39 Å². The minimum absolute atomic E-state index is 0.163. The smallest absolute Gasteiger partial charge is 0.280 e. The first kappa shape index (κ1) is 18.8. The molecule has 1 atom stereocenters. The van der Waals surface area contributed by atoms with Gasteiger partial charge in [-0.3, -0.25) is 14.9 Å². The minimum atomic E-state index is -0.727. The fraction of sp³-hybridized carbons (Fsp3) is 0.238. The van der Waals surface area contributed by atoms with Crippen LogP contribution in [0.15, 0.2) is 64.4 Å². The summed E-state index contributed by atoms with van der Waals surface area (Å²) in [7, 11) is 0. The largest absolute Gasteiger partial charge is 0.386 e. The molecule has 2 N–H and O–H groups in total. The fourth-order valence-electron chi connectivity index (χ4n) is 2.87. The van der Waals surface area contributed by atoms with Crippen molar-refractivity contribution in [2.75, 3.05) is 6.54 Å². The van der Waals surface area contributed by atoms with Gasteiger partial charge in [0.25, 0.3) is 5.56 Å². The molecule has 0 spiro atoms. The van der Waals surface area contributed by atoms with Gasteiger partial charge in [0.1, 0.15) is 5.82 Å². The Bertz CT molecular complexity index is 959. The van der Waals surface area contributed by atoms with Crippen molar-refractivity contribution >= 4 is 6.21 Å². The first-order chi connectivity index (χ1) is 13.1. The zero-order chi connectivity index (χ0) is 19.2. The summed E-state index contributed by atoms with van der Waals surface area (Å²) < 4.78 is 14.5. The van der Waals surface area contributed by atoms with E-state index >= 15 is 0 Å². The molecule has 5 nitrogen and oxygen atoms in total. The van der Waals surface area contributed by atoms with Gasteiger partial charge in [-0.2, -0.15) is 0 Å². The Labute approximate surface area is 156 Å². The van der Waals surface area contributed by atoms with Gasteiger partial charge in [-0.25, -0.2) is 9.07 Å². The summed E-state index contributed by atoms with van der Waals surface area (Å²) >= 11 is 0. The van der Waals surface area contributed by atoms with E-state index in [0.717, 1.165) is 17.7 Å². The monoisotopic (exact) mass is 367 g/mol. The van der Waals surface area contributed by atoms with E-state index < -0.39 is 6.10 Å². The van der Waals surface area contributed by atoms with Gasteiger partial charge in [-0.1, -0.05) is 43.7 Å². The second-order valence-corrected chi connectivity index (χ2v) is 6.29. The van der Waals surface area contributed by atoms with Crippen molar-refractivity contribution in [1.29, 1.82) is 0 Å². The summed E-state index contributed by atoms with van der Waals surface area (Å²) in [6, 6.07) is 15.0. The number of aryl methyl sites for hydroxylation is 1. The lowest BCUT2D eigenvalue weighted by atomic mass is 10.1. The van der Waals surface area contributed by atoms with E-state index in [1.807, 2.05) is 37.3 Å². The molecule has 0 saturated carbocycles. The Morgan fingerprint density at radius 3 is 2.56 bits per heavy atom. The van der Waals surface area contributed by atoms with Gasteiger partial charge in [0.2, 0.25) is 0 Å². The lowest BCUT2D eigenvalue weighted by Gasteiger charge is -2.06. The standard InChI is InChI=1S/C21H22FN3O2/c1-2-6-19-18(13-23-14-20(26)15-7-4-3-5-8-15)21(27)25(24-19)17-11-9-16(22)10-12-17/h3-5,7-13,20,24,26H,2,6,14H2,1H3/t20-/m1/s1. The highest BCUT2D eigenvalue weighted by Crippen LogP contribution is 2.13. The molecule has 0 aliphatic carbocycles. The van der Waals surface area contributed by atoms with Gasteiger partial charge >= 0.3 is 0 Å². The Kier molecular flexibility index (Phi) is 5.98. The average Bonchev–Trinajstić information content (AvgIpc) is 2.99. The van der Waals surface area contributed by atoms with Crippen LogP contribution in [0.1, 0.15) is 36.3 Å². The summed E-state index contributed by atoms with van der Waals surface area (Å²) in [4.78, 5) is 17.1. The number of aliphatic hydroxyl groups excluding tert-OH is 1. The number of aromatic nitrogens is 2. The SMILES string of the molecule is CCCc1[nH]n(-c2ccc(F)cc2)c(=O)c1C=NC[C@@H](O)c1ccccc1. The van der Waals surface area contributed by atoms with Crippen molar-refractivity contribution in [2.45, 2.75) is 25.9 Å². The molecule has 6 heteroatoms. The highest BCUT2D eigenvalue weighted by Gasteiger charge is 2.13. The van der Waals surface area contributed by atoms with Crippen LogP contribution in [0.2, 0.25) is 0 Å². The van der Waals surface area contributed by atoms with Crippen LogP contribution in [0.3, 0.4) is 0 Å². The van der Waals surface area contributed by atoms with Gasteiger partial charge in [0, 0.05) is 11.9 Å². The van der Waals surface area contributed by atoms with Crippen molar-refractivity contribution in [1.82, 2.24) is 9.78 Å². The minimum Gasteiger partial charge on any atom is -0.386 e. The highest BCUT2D eigenvalue weighted by molar-refractivity contribution is 5.81. The number of nitrogens with zero attached hydrogens (tertiary/aromatic N) is 2. The molecule has 0 unspecified atom stereocenters. The molecule has 0 saturated heterocycles. The number of rotatable bonds is 7. The maximum Gasteiger partial charge on any atom is 0.280 e. The summed E-state index contributed by atoms with van der Waals surface area (Å²) in [5, 5.41) is 13.3. The Balaban J connectivity index is 1.85. The molecule has 1 aromatic heterocycles. The second kappa shape index (κ2) is 8.60. The number of benzene rings is 2. The number of aromatic amines is 1. The topological polar surface area (TPSA) is 70.4 Å². The Morgan fingerprint density at radius 1 is 1.19 bits per heavy atom. The quantitative estimate of drug-likeness (QED) is 0.628. The molecule has 0 aliphatic heterocycles. The maximum atomic E-state index is 13.1. The van der Waals surface area contributed by atoms with Crippen LogP contribution in [0.25, 0.3) is 5.69 Å². The molecule has 1 heterocycles. The molecule has 0 radical (unpaired) electrons. The number of nitrogens with one attached hydrogen (secondary N) is 1. The number of halogens is 1. The molecule has 0 fully saturated rings. The normalized spacial score (nSPS) is 12.6. The Hall–Kier alpha value is -2.99. The Morgan fingerprint density at radius 2 is 1.89 bits per heavy atom. The van der Waals surface area contributed by atoms with Crippen molar-refractivity contribution < 1.29 is 9.50 Å². The maximum absolute atomic E-state index is 13.1. The predicted molar refractivity (Wildman–Crippen MR) is 104 cm³/mol. The van der Waals surface area contributed by atoms with Crippen molar-refractivity contribution in [3.05, 3.63) is 87.6 Å². The number of aliphatic hydroxyl groups is 1. The lowest BCUT2D eigenvalue weighted by Crippen LogP contribution is -2.17. The molecule has 0 bridgehead atoms. The zero-order valence-corrected chi connectivity index (χ0v) is 15.1. The van der Waals surface area contributed by atoms with Gasteiger partial charge in [0.05, 0.1) is 23.9 Å². The van der Waals surface area contributed by atoms with Crippen molar-refractivity contribution in [2.24, 2.45) is 4.99 Å². The van der Waals surface area contributed by atoms with E-state index in [4.69, 9.17) is 0 Å². The van der Waals surface area contributed by atoms with Crippen LogP contribution >= 0.6 is 0 Å². The molecule has 2 aromatic carbocycles. The van der Waals surface area contributed by atoms with E-state index in [2.05, 4.69) is 10.1 Å². The van der Waals surface area contributed by atoms with E-state index in [0.29, 0.717) is 17.7 Å². The number of H-pyrrole nitrogens is 1. The third kappa shape index (κ3) is 4.41. The summed E-state index contributed by atoms with van der Waals surface area (Å²) in [6.45, 7) is 2.18. The van der Waals surface area contributed by atoms with Crippen molar-refractivity contribution in [3.8, 4) is 5.69 Å². The fourth-order valence-corrected chi connectivity index (χ4v) is 2.87. The van der Waals surface area contributed by atoms with Crippen molar-refractivity contribution in [3.63, 3.8) is 0 Å². The van der Waals surface area contributed by atoms with Crippen LogP contribution in [0.5, 0.6) is 0 Å². The van der Waals surface area contributed by atoms with Gasteiger partial charge in [0.15, 0.2) is 0 Å². The second-order valence-electron chi connectivity index (χ2n) is 6.29. The molecule has 140 valence electrons. The first-order valence-corrected chi connectivity index (χ1v) is 8.92. The molecular formula is C21H22FN3O2. The van der Waals surface area contributed by atoms with Crippen LogP contribution in [-0.2, 0) is 6.42 Å². The molecule has 0 amide bonds. The van der Waals surface area contributed by atoms with Crippen LogP contribution in [-0.4, -0.2) is 27.6 Å². The molecule has 0 aliphatic rings. The summed E-state index contributed by atoms with van der Waals surface area (Å²) in [5.74, 6) is -0.358. The van der Waals surface area contributed by atoms with E-state index in [-0.39, 0.29) is 17.9 Å². The van der Waals surface area contributed by atoms with Gasteiger partial charge < -0.3 is 5.11 Å². The molecule has 3 aromatic rings. The van der Waals surface area contributed by atoms with Gasteiger partial charge in [-0.15, -0.1) is 0 Å². The zero-order valence-electron chi connectivity index (χ0n) is 15.1. The first-order valence-electron chi connectivity index (χ1n) is 8.92. The summed E-state index contributed by atoms with van der Waals surface area (Å²) in [6.07, 6.45) is 2.33.